The Morgan fingerprint density at radius 2 is 1.76 bits per heavy atom. The van der Waals surface area contributed by atoms with Gasteiger partial charge in [0, 0.05) is 55.2 Å². The summed E-state index contributed by atoms with van der Waals surface area (Å²) in [4.78, 5) is 25.7. The van der Waals surface area contributed by atoms with Gasteiger partial charge in [-0.05, 0) is 66.6 Å². The fraction of sp³-hybridized carbons (Fsp3) is 0.216. The summed E-state index contributed by atoms with van der Waals surface area (Å²) in [5.74, 6) is 0.305. The van der Waals surface area contributed by atoms with Gasteiger partial charge in [-0.1, -0.05) is 13.0 Å². The highest BCUT2D eigenvalue weighted by Gasteiger charge is 2.28. The first-order chi connectivity index (χ1) is 23.9. The molecule has 0 atom stereocenters. The number of anilines is 1. The maximum Gasteiger partial charge on any atom is 0.255 e. The second-order valence-electron chi connectivity index (χ2n) is 12.9. The van der Waals surface area contributed by atoms with E-state index in [1.807, 2.05) is 16.5 Å². The zero-order valence-corrected chi connectivity index (χ0v) is 28.5. The van der Waals surface area contributed by atoms with Crippen LogP contribution in [0.25, 0.3) is 61.0 Å². The summed E-state index contributed by atoms with van der Waals surface area (Å²) < 4.78 is 64.2. The lowest BCUT2D eigenvalue weighted by molar-refractivity contribution is 0.0964. The number of pyridine rings is 1. The Morgan fingerprint density at radius 1 is 1.00 bits per heavy atom. The monoisotopic (exact) mass is 694 g/mol. The van der Waals surface area contributed by atoms with Crippen molar-refractivity contribution in [3.8, 4) is 22.6 Å². The van der Waals surface area contributed by atoms with Gasteiger partial charge in [0.15, 0.2) is 0 Å². The number of furan rings is 1. The van der Waals surface area contributed by atoms with Crippen LogP contribution < -0.4 is 9.62 Å². The van der Waals surface area contributed by atoms with Crippen molar-refractivity contribution in [1.29, 1.82) is 0 Å². The molecule has 1 saturated heterocycles. The molecule has 13 heteroatoms. The van der Waals surface area contributed by atoms with Gasteiger partial charge in [-0.3, -0.25) is 18.4 Å². The number of carbonyl (C=O) groups excluding carboxylic acids is 1. The molecule has 3 aromatic carbocycles. The van der Waals surface area contributed by atoms with E-state index in [1.54, 1.807) is 30.3 Å². The van der Waals surface area contributed by atoms with Crippen LogP contribution in [0.3, 0.4) is 0 Å². The summed E-state index contributed by atoms with van der Waals surface area (Å²) in [6.07, 6.45) is 1.09. The highest BCUT2D eigenvalue weighted by molar-refractivity contribution is 7.92. The minimum atomic E-state index is -3.77. The lowest BCUT2D eigenvalue weighted by Gasteiger charge is -2.36. The molecule has 4 aromatic heterocycles. The van der Waals surface area contributed by atoms with Crippen molar-refractivity contribution in [3.05, 3.63) is 95.8 Å². The third kappa shape index (κ3) is 5.15. The highest BCUT2D eigenvalue weighted by Crippen LogP contribution is 2.41. The molecule has 0 spiro atoms. The van der Waals surface area contributed by atoms with Gasteiger partial charge in [0.25, 0.3) is 5.91 Å². The largest absolute Gasteiger partial charge is 0.455 e. The third-order valence-corrected chi connectivity index (χ3v) is 10.6. The molecular formula is C37H32F2N6O4S. The zero-order chi connectivity index (χ0) is 35.1. The van der Waals surface area contributed by atoms with Gasteiger partial charge in [0.2, 0.25) is 10.0 Å². The second-order valence-corrected chi connectivity index (χ2v) is 14.9. The lowest BCUT2D eigenvalue weighted by atomic mass is 10.0. The van der Waals surface area contributed by atoms with Gasteiger partial charge in [0.05, 0.1) is 46.3 Å². The summed E-state index contributed by atoms with van der Waals surface area (Å²) in [7, 11) is -0.855. The van der Waals surface area contributed by atoms with Crippen LogP contribution in [0, 0.1) is 17.6 Å². The van der Waals surface area contributed by atoms with Crippen LogP contribution in [0.1, 0.15) is 23.1 Å². The van der Waals surface area contributed by atoms with Crippen LogP contribution in [0.2, 0.25) is 0 Å². The van der Waals surface area contributed by atoms with E-state index in [1.165, 1.54) is 44.4 Å². The van der Waals surface area contributed by atoms with Crippen molar-refractivity contribution in [2.24, 2.45) is 5.92 Å². The minimum absolute atomic E-state index is 0.201. The molecule has 50 heavy (non-hydrogen) atoms. The van der Waals surface area contributed by atoms with Gasteiger partial charge in [-0.25, -0.2) is 27.2 Å². The average molecular weight is 695 g/mol. The number of nitrogens with one attached hydrogen (secondary N) is 1. The molecule has 1 amide bonds. The lowest BCUT2D eigenvalue weighted by Crippen LogP contribution is -2.44. The van der Waals surface area contributed by atoms with E-state index >= 15 is 4.39 Å². The smallest absolute Gasteiger partial charge is 0.255 e. The topological polar surface area (TPSA) is 113 Å². The number of sulfonamides is 1. The SMILES string of the molecule is CNC(=O)c1c(-c2ccc(F)cc2)oc2cc(N(C)S(C)(=O)=O)c(-c3ccc4nc(CN5CC(C)C5)n5c6cccc(F)c6cc5c4n3)cc12. The van der Waals surface area contributed by atoms with Crippen LogP contribution in [0.15, 0.2) is 77.2 Å². The Kier molecular flexibility index (Phi) is 7.39. The molecule has 1 aliphatic rings. The van der Waals surface area contributed by atoms with Crippen molar-refractivity contribution in [1.82, 2.24) is 24.6 Å². The van der Waals surface area contributed by atoms with E-state index in [0.717, 1.165) is 29.5 Å². The van der Waals surface area contributed by atoms with E-state index in [9.17, 15) is 17.6 Å². The molecule has 1 N–H and O–H groups in total. The van der Waals surface area contributed by atoms with E-state index < -0.39 is 21.7 Å². The number of hydrogen-bond acceptors (Lipinski definition) is 7. The minimum Gasteiger partial charge on any atom is -0.455 e. The van der Waals surface area contributed by atoms with Crippen LogP contribution >= 0.6 is 0 Å². The number of nitrogens with zero attached hydrogens (tertiary/aromatic N) is 5. The van der Waals surface area contributed by atoms with Crippen molar-refractivity contribution >= 4 is 60.0 Å². The molecular weight excluding hydrogens is 663 g/mol. The Morgan fingerprint density at radius 3 is 2.46 bits per heavy atom. The molecule has 1 fully saturated rings. The number of likely N-dealkylation sites (tertiary alicyclic amines) is 1. The Bertz CT molecular complexity index is 2630. The molecule has 0 saturated carbocycles. The van der Waals surface area contributed by atoms with Crippen molar-refractivity contribution in [2.45, 2.75) is 13.5 Å². The molecule has 10 nitrogen and oxygen atoms in total. The van der Waals surface area contributed by atoms with Gasteiger partial charge in [-0.15, -0.1) is 0 Å². The summed E-state index contributed by atoms with van der Waals surface area (Å²) in [5, 5.41) is 3.50. The zero-order valence-electron chi connectivity index (χ0n) is 27.7. The first-order valence-electron chi connectivity index (χ1n) is 16.1. The number of halogens is 2. The van der Waals surface area contributed by atoms with E-state index in [-0.39, 0.29) is 28.4 Å². The number of rotatable bonds is 7. The number of benzene rings is 3. The van der Waals surface area contributed by atoms with Gasteiger partial charge >= 0.3 is 0 Å². The number of aromatic nitrogens is 3. The summed E-state index contributed by atoms with van der Waals surface area (Å²) in [5.41, 5.74) is 4.41. The molecule has 0 radical (unpaired) electrons. The fourth-order valence-electron chi connectivity index (χ4n) is 6.91. The molecule has 0 unspecified atom stereocenters. The molecule has 0 bridgehead atoms. The first kappa shape index (κ1) is 31.8. The summed E-state index contributed by atoms with van der Waals surface area (Å²) in [6, 6.07) is 19.1. The van der Waals surface area contributed by atoms with E-state index in [4.69, 9.17) is 14.4 Å². The van der Waals surface area contributed by atoms with E-state index in [0.29, 0.717) is 62.1 Å². The average Bonchev–Trinajstić information content (AvgIpc) is 3.66. The molecule has 1 aliphatic heterocycles. The van der Waals surface area contributed by atoms with Gasteiger partial charge in [0.1, 0.15) is 34.3 Å². The quantitative estimate of drug-likeness (QED) is 0.200. The van der Waals surface area contributed by atoms with Crippen molar-refractivity contribution < 1.29 is 26.4 Å². The van der Waals surface area contributed by atoms with Gasteiger partial charge in [-0.2, -0.15) is 0 Å². The molecule has 0 aliphatic carbocycles. The number of hydrogen-bond donors (Lipinski definition) is 1. The Hall–Kier alpha value is -5.40. The predicted molar refractivity (Wildman–Crippen MR) is 190 cm³/mol. The molecule has 8 rings (SSSR count). The molecule has 254 valence electrons. The van der Waals surface area contributed by atoms with Crippen molar-refractivity contribution in [2.75, 3.05) is 37.7 Å². The summed E-state index contributed by atoms with van der Waals surface area (Å²) in [6.45, 7) is 4.67. The first-order valence-corrected chi connectivity index (χ1v) is 17.9. The normalized spacial score (nSPS) is 14.2. The number of carbonyl (C=O) groups is 1. The fourth-order valence-corrected chi connectivity index (χ4v) is 7.42. The Labute approximate surface area is 286 Å². The number of fused-ring (bicyclic) bond motifs is 6. The molecule has 7 aromatic rings. The maximum absolute atomic E-state index is 15.2. The standard InChI is InChI=1S/C37H32F2N6O4S/c1-20-17-44(18-20)19-33-41-28-13-12-27(42-35(28)31-15-23-26(39)6-5-7-29(23)45(31)33)24-14-25-32(16-30(24)43(3)50(4,47)48)49-36(34(25)37(46)40-2)21-8-10-22(38)11-9-21/h5-16,20H,17-19H2,1-4H3,(H,40,46). The van der Waals surface area contributed by atoms with Crippen LogP contribution in [-0.4, -0.2) is 67.0 Å². The summed E-state index contributed by atoms with van der Waals surface area (Å²) >= 11 is 0. The van der Waals surface area contributed by atoms with Crippen LogP contribution in [0.4, 0.5) is 14.5 Å². The second kappa shape index (κ2) is 11.6. The van der Waals surface area contributed by atoms with Crippen molar-refractivity contribution in [3.63, 3.8) is 0 Å². The highest BCUT2D eigenvalue weighted by atomic mass is 32.2. The Balaban J connectivity index is 1.40. The third-order valence-electron chi connectivity index (χ3n) is 9.40. The van der Waals surface area contributed by atoms with Gasteiger partial charge < -0.3 is 9.73 Å². The van der Waals surface area contributed by atoms with E-state index in [2.05, 4.69) is 17.1 Å². The predicted octanol–water partition coefficient (Wildman–Crippen LogP) is 6.60. The maximum atomic E-state index is 15.2. The van der Waals surface area contributed by atoms with Crippen LogP contribution in [0.5, 0.6) is 0 Å². The number of amides is 1. The van der Waals surface area contributed by atoms with Crippen LogP contribution in [-0.2, 0) is 16.6 Å². The molecule has 5 heterocycles.